The van der Waals surface area contributed by atoms with Gasteiger partial charge in [0.05, 0.1) is 34.4 Å². The van der Waals surface area contributed by atoms with E-state index in [1.54, 1.807) is 12.1 Å². The fourth-order valence-corrected chi connectivity index (χ4v) is 11.3. The van der Waals surface area contributed by atoms with Gasteiger partial charge in [0.25, 0.3) is 11.1 Å². The number of fused-ring (bicyclic) bond motifs is 2. The molecule has 2 heterocycles. The van der Waals surface area contributed by atoms with Crippen molar-refractivity contribution in [3.63, 3.8) is 0 Å². The molecule has 0 bridgehead atoms. The molecule has 2 aromatic heterocycles. The third-order valence-electron chi connectivity index (χ3n) is 15.7. The lowest BCUT2D eigenvalue weighted by Gasteiger charge is -2.21. The van der Waals surface area contributed by atoms with Crippen molar-refractivity contribution in [2.24, 2.45) is 11.8 Å². The fourth-order valence-electron chi connectivity index (χ4n) is 11.3. The van der Waals surface area contributed by atoms with Crippen molar-refractivity contribution in [2.75, 3.05) is 0 Å². The van der Waals surface area contributed by atoms with Crippen LogP contribution in [0, 0.1) is 11.8 Å². The number of pyridine rings is 1. The van der Waals surface area contributed by atoms with Crippen LogP contribution in [0.25, 0.3) is 71.4 Å². The lowest BCUT2D eigenvalue weighted by molar-refractivity contribution is -0.144. The second-order valence-electron chi connectivity index (χ2n) is 21.4. The summed E-state index contributed by atoms with van der Waals surface area (Å²) in [5, 5.41) is -2.02. The number of hydrogen-bond donors (Lipinski definition) is 0. The van der Waals surface area contributed by atoms with E-state index >= 15 is 9.59 Å². The Bertz CT molecular complexity index is 3940. The molecule has 0 saturated carbocycles. The molecule has 7 aromatic carbocycles. The number of benzene rings is 7. The maximum atomic E-state index is 15.1. The highest BCUT2D eigenvalue weighted by atomic mass is 19.4. The summed E-state index contributed by atoms with van der Waals surface area (Å²) in [6.07, 6.45) is -12.2. The first kappa shape index (κ1) is 60.6. The van der Waals surface area contributed by atoms with Crippen molar-refractivity contribution >= 4 is 55.7 Å². The Hall–Kier alpha value is -7.96. The lowest BCUT2D eigenvalue weighted by atomic mass is 9.85. The quantitative estimate of drug-likeness (QED) is 0.0200. The number of alkyl halides is 12. The molecule has 2 unspecified atom stereocenters. The molecule has 0 fully saturated rings. The van der Waals surface area contributed by atoms with Crippen LogP contribution in [0.5, 0.6) is 5.75 Å². The van der Waals surface area contributed by atoms with E-state index in [-0.39, 0.29) is 69.0 Å². The molecule has 7 nitrogen and oxygen atoms in total. The number of hydrogen-bond acceptors (Lipinski definition) is 6. The van der Waals surface area contributed by atoms with E-state index in [1.165, 1.54) is 48.5 Å². The SMILES string of the molecule is CCCCC(CC)Cc1cc(OC(=O)Cc2ccc(-n3c(=O)c4cc(-c5cc(C(F)(F)F)cc(C(F)(F)F)c5)c5oc6ccccc6c6c(-c7cc(C(F)(F)F)cc(C(F)(F)F)c7)cc(c3=O)c4c56)cc2)cc(CC(CC)CCCC)c1C=O. The Morgan fingerprint density at radius 1 is 0.560 bits per heavy atom. The summed E-state index contributed by atoms with van der Waals surface area (Å²) in [5.41, 5.74) is -10.6. The molecule has 0 saturated heterocycles. The largest absolute Gasteiger partial charge is 0.455 e. The summed E-state index contributed by atoms with van der Waals surface area (Å²) in [6, 6.07) is 17.3. The molecular formula is C65H55F12NO6. The Morgan fingerprint density at radius 3 is 1.48 bits per heavy atom. The first-order valence-electron chi connectivity index (χ1n) is 27.5. The van der Waals surface area contributed by atoms with Crippen LogP contribution in [0.15, 0.2) is 123 Å². The van der Waals surface area contributed by atoms with Crippen molar-refractivity contribution in [1.29, 1.82) is 0 Å². The molecule has 0 amide bonds. The monoisotopic (exact) mass is 1170 g/mol. The van der Waals surface area contributed by atoms with E-state index in [1.807, 2.05) is 0 Å². The number of para-hydroxylation sites is 1. The van der Waals surface area contributed by atoms with Crippen molar-refractivity contribution in [3.8, 4) is 33.7 Å². The van der Waals surface area contributed by atoms with E-state index in [2.05, 4.69) is 27.7 Å². The molecule has 0 aliphatic carbocycles. The highest BCUT2D eigenvalue weighted by Gasteiger charge is 2.40. The Labute approximate surface area is 473 Å². The Morgan fingerprint density at radius 2 is 1.02 bits per heavy atom. The minimum absolute atomic E-state index is 0.0315. The number of unbranched alkanes of at least 4 members (excludes halogenated alkanes) is 2. The van der Waals surface area contributed by atoms with Crippen molar-refractivity contribution < 1.29 is 71.4 Å². The topological polar surface area (TPSA) is 95.6 Å². The zero-order valence-corrected chi connectivity index (χ0v) is 45.8. The fraction of sp³-hybridized carbons (Fsp3) is 0.323. The number of aromatic nitrogens is 1. The highest BCUT2D eigenvalue weighted by molar-refractivity contribution is 6.32. The average molecular weight is 1170 g/mol. The summed E-state index contributed by atoms with van der Waals surface area (Å²) in [7, 11) is 0. The number of ether oxygens (including phenoxy) is 1. The average Bonchev–Trinajstić information content (AvgIpc) is 0.869. The van der Waals surface area contributed by atoms with Crippen molar-refractivity contribution in [2.45, 2.75) is 123 Å². The summed E-state index contributed by atoms with van der Waals surface area (Å²) < 4.78 is 187. The van der Waals surface area contributed by atoms with Gasteiger partial charge in [-0.1, -0.05) is 109 Å². The molecule has 0 spiro atoms. The van der Waals surface area contributed by atoms with Gasteiger partial charge in [-0.05, 0) is 137 Å². The predicted octanol–water partition coefficient (Wildman–Crippen LogP) is 18.7. The molecular weight excluding hydrogens is 1120 g/mol. The van der Waals surface area contributed by atoms with Crippen LogP contribution < -0.4 is 15.9 Å². The Balaban J connectivity index is 1.23. The smallest absolute Gasteiger partial charge is 0.416 e. The minimum atomic E-state index is -5.38. The van der Waals surface area contributed by atoms with Gasteiger partial charge >= 0.3 is 30.7 Å². The number of halogens is 12. The maximum Gasteiger partial charge on any atom is 0.416 e. The number of aldehydes is 1. The lowest BCUT2D eigenvalue weighted by Crippen LogP contribution is -2.32. The normalized spacial score (nSPS) is 13.4. The molecule has 0 aliphatic heterocycles. The van der Waals surface area contributed by atoms with Gasteiger partial charge in [-0.25, -0.2) is 4.57 Å². The van der Waals surface area contributed by atoms with Crippen molar-refractivity contribution in [1.82, 2.24) is 4.57 Å². The highest BCUT2D eigenvalue weighted by Crippen LogP contribution is 2.49. The van der Waals surface area contributed by atoms with E-state index in [0.29, 0.717) is 52.8 Å². The minimum Gasteiger partial charge on any atom is -0.455 e. The Kier molecular flexibility index (Phi) is 17.0. The molecule has 0 radical (unpaired) electrons. The van der Waals surface area contributed by atoms with Crippen LogP contribution in [0.2, 0.25) is 0 Å². The van der Waals surface area contributed by atoms with Crippen molar-refractivity contribution in [3.05, 3.63) is 174 Å². The second kappa shape index (κ2) is 23.6. The third-order valence-corrected chi connectivity index (χ3v) is 15.7. The van der Waals surface area contributed by atoms with Crippen LogP contribution in [-0.4, -0.2) is 16.8 Å². The van der Waals surface area contributed by atoms with E-state index < -0.39 is 103 Å². The van der Waals surface area contributed by atoms with Gasteiger partial charge in [0, 0.05) is 43.4 Å². The predicted molar refractivity (Wildman–Crippen MR) is 298 cm³/mol. The van der Waals surface area contributed by atoms with Gasteiger partial charge in [-0.3, -0.25) is 19.2 Å². The van der Waals surface area contributed by atoms with Crippen LogP contribution in [0.3, 0.4) is 0 Å². The van der Waals surface area contributed by atoms with Gasteiger partial charge in [-0.2, -0.15) is 52.7 Å². The maximum absolute atomic E-state index is 15.1. The first-order valence-corrected chi connectivity index (χ1v) is 27.5. The zero-order valence-electron chi connectivity index (χ0n) is 45.8. The molecule has 9 aromatic rings. The molecule has 0 aliphatic rings. The van der Waals surface area contributed by atoms with Crippen LogP contribution in [0.1, 0.15) is 128 Å². The summed E-state index contributed by atoms with van der Waals surface area (Å²) in [5.74, 6) is 0.0494. The number of esters is 1. The molecule has 2 atom stereocenters. The molecule has 9 rings (SSSR count). The first-order chi connectivity index (χ1) is 39.7. The van der Waals surface area contributed by atoms with Crippen LogP contribution in [0.4, 0.5) is 52.7 Å². The second-order valence-corrected chi connectivity index (χ2v) is 21.4. The van der Waals surface area contributed by atoms with Gasteiger partial charge in [0.1, 0.15) is 16.9 Å². The summed E-state index contributed by atoms with van der Waals surface area (Å²) >= 11 is 0. The standard InChI is InChI=1S/C65H55F12NO6/c1-5-9-13-35(7-3)21-38-28-47(29-39(53(38)34-79)22-36(8-4)14-10-6-2)83-55(80)23-37-17-19-46(20-18-37)78-60(81)51-32-49(40-24-42(62(66,67)68)30-43(25-40)63(69,70)71)56-48-15-11-12-16-54(48)84-59-50(33-52(61(78)82)57(51)58(56)59)41-26-44(64(72,73)74)31-45(27-41)65(75,76)77/h11-12,15-20,24-36H,5-10,13-14,21-23H2,1-4H3. The van der Waals surface area contributed by atoms with Crippen LogP contribution in [-0.2, 0) is 48.8 Å². The molecule has 19 heteroatoms. The number of carbonyl (C=O) groups excluding carboxylic acids is 2. The number of nitrogens with zero attached hydrogens (tertiary/aromatic N) is 1. The van der Waals surface area contributed by atoms with E-state index in [9.17, 15) is 62.3 Å². The van der Waals surface area contributed by atoms with Gasteiger partial charge in [-0.15, -0.1) is 0 Å². The van der Waals surface area contributed by atoms with Gasteiger partial charge in [0.15, 0.2) is 6.29 Å². The molecule has 84 heavy (non-hydrogen) atoms. The van der Waals surface area contributed by atoms with Gasteiger partial charge < -0.3 is 9.15 Å². The summed E-state index contributed by atoms with van der Waals surface area (Å²) in [4.78, 5) is 56.8. The van der Waals surface area contributed by atoms with Crippen LogP contribution >= 0.6 is 0 Å². The van der Waals surface area contributed by atoms with E-state index in [0.717, 1.165) is 80.9 Å². The number of carbonyl (C=O) groups is 2. The van der Waals surface area contributed by atoms with Gasteiger partial charge in [0.2, 0.25) is 0 Å². The van der Waals surface area contributed by atoms with E-state index in [4.69, 9.17) is 9.15 Å². The zero-order chi connectivity index (χ0) is 60.8. The molecule has 440 valence electrons. The third kappa shape index (κ3) is 12.3. The number of rotatable bonds is 19. The molecule has 0 N–H and O–H groups in total. The summed E-state index contributed by atoms with van der Waals surface area (Å²) in [6.45, 7) is 8.37.